The zero-order valence-electron chi connectivity index (χ0n) is 50.5. The molecule has 6 N–H and O–H groups in total. The topological polar surface area (TPSA) is 274 Å². The Labute approximate surface area is 487 Å². The van der Waals surface area contributed by atoms with Crippen LogP contribution in [0.3, 0.4) is 0 Å². The summed E-state index contributed by atoms with van der Waals surface area (Å²) < 4.78 is 2.05. The molecule has 2 heterocycles. The van der Waals surface area contributed by atoms with Gasteiger partial charge in [-0.2, -0.15) is 20.8 Å². The van der Waals surface area contributed by atoms with Crippen LogP contribution in [-0.4, -0.2) is 67.1 Å². The number of nitrogens with two attached hydrogens (primary N) is 2. The lowest BCUT2D eigenvalue weighted by atomic mass is 9.95. The molecular formula is C64H94N12O6. The van der Waals surface area contributed by atoms with Crippen molar-refractivity contribution in [2.45, 2.75) is 197 Å². The molecule has 4 atom stereocenters. The molecule has 0 aliphatic carbocycles. The quantitative estimate of drug-likeness (QED) is 0.0245. The second kappa shape index (κ2) is 35.5. The number of nitrogens with zero attached hydrogens (tertiary/aromatic N) is 10. The molecule has 82 heavy (non-hydrogen) atoms. The fourth-order valence-corrected chi connectivity index (χ4v) is 10.5. The Hall–Kier alpha value is -7.34. The number of anilines is 2. The maximum Gasteiger partial charge on any atom is 0.273 e. The van der Waals surface area contributed by atoms with Gasteiger partial charge in [0.2, 0.25) is 11.8 Å². The Balaban J connectivity index is 1.46. The first kappa shape index (κ1) is 67.2. The number of unbranched alkanes of at least 4 members (excludes halogenated alkanes) is 7. The van der Waals surface area contributed by atoms with Gasteiger partial charge in [0.1, 0.15) is 23.3 Å². The van der Waals surface area contributed by atoms with E-state index < -0.39 is 34.0 Å². The highest BCUT2D eigenvalue weighted by Crippen LogP contribution is 2.37. The minimum atomic E-state index is -0.791. The van der Waals surface area contributed by atoms with Crippen molar-refractivity contribution in [1.29, 1.82) is 10.5 Å². The van der Waals surface area contributed by atoms with E-state index in [4.69, 9.17) is 11.5 Å². The maximum absolute atomic E-state index is 14.1. The summed E-state index contributed by atoms with van der Waals surface area (Å²) in [5, 5.41) is 59.5. The van der Waals surface area contributed by atoms with Crippen LogP contribution in [0.15, 0.2) is 78.6 Å². The Kier molecular flexibility index (Phi) is 29.1. The number of hydrogen-bond acceptors (Lipinski definition) is 14. The van der Waals surface area contributed by atoms with Gasteiger partial charge in [-0.15, -0.1) is 10.2 Å². The number of nitriles is 2. The van der Waals surface area contributed by atoms with Crippen molar-refractivity contribution in [2.24, 2.45) is 44.1 Å². The van der Waals surface area contributed by atoms with Gasteiger partial charge in [0.05, 0.1) is 22.7 Å². The highest BCUT2D eigenvalue weighted by Gasteiger charge is 2.26. The van der Waals surface area contributed by atoms with Crippen molar-refractivity contribution in [3.05, 3.63) is 91.5 Å². The van der Waals surface area contributed by atoms with Crippen LogP contribution >= 0.6 is 0 Å². The van der Waals surface area contributed by atoms with E-state index in [1.54, 1.807) is 48.5 Å². The summed E-state index contributed by atoms with van der Waals surface area (Å²) in [6, 6.07) is 17.1. The van der Waals surface area contributed by atoms with Crippen molar-refractivity contribution in [2.75, 3.05) is 37.6 Å². The fraction of sp³-hybridized carbons (Fsp3) is 0.594. The molecule has 2 aromatic heterocycles. The van der Waals surface area contributed by atoms with Crippen molar-refractivity contribution < 1.29 is 19.8 Å². The molecule has 18 heteroatoms. The number of benzene rings is 2. The number of hydrogen-bond donors (Lipinski definition) is 4. The molecule has 18 nitrogen and oxygen atoms in total. The molecule has 0 saturated carbocycles. The van der Waals surface area contributed by atoms with Gasteiger partial charge in [-0.05, 0) is 111 Å². The highest BCUT2D eigenvalue weighted by molar-refractivity contribution is 5.95. The summed E-state index contributed by atoms with van der Waals surface area (Å²) in [6.45, 7) is 20.3. The van der Waals surface area contributed by atoms with Crippen LogP contribution in [0.25, 0.3) is 0 Å². The second-order valence-corrected chi connectivity index (χ2v) is 22.1. The molecule has 4 aromatic rings. The van der Waals surface area contributed by atoms with Crippen LogP contribution in [0.4, 0.5) is 34.1 Å². The predicted molar refractivity (Wildman–Crippen MR) is 328 cm³/mol. The third kappa shape index (κ3) is 19.1. The molecule has 0 spiro atoms. The van der Waals surface area contributed by atoms with Gasteiger partial charge in [0.15, 0.2) is 11.4 Å². The molecule has 446 valence electrons. The van der Waals surface area contributed by atoms with Gasteiger partial charge < -0.3 is 31.5 Å². The fourth-order valence-electron chi connectivity index (χ4n) is 10.5. The minimum absolute atomic E-state index is 0.00949. The monoisotopic (exact) mass is 1130 g/mol. The highest BCUT2D eigenvalue weighted by atomic mass is 16.3. The zero-order valence-corrected chi connectivity index (χ0v) is 50.5. The summed E-state index contributed by atoms with van der Waals surface area (Å²) in [5.41, 5.74) is 10.7. The van der Waals surface area contributed by atoms with Gasteiger partial charge in [-0.1, -0.05) is 145 Å². The van der Waals surface area contributed by atoms with Crippen LogP contribution < -0.4 is 22.6 Å². The minimum Gasteiger partial charge on any atom is -0.493 e. The van der Waals surface area contributed by atoms with Crippen molar-refractivity contribution in [3.8, 4) is 23.9 Å². The van der Waals surface area contributed by atoms with Gasteiger partial charge in [-0.25, -0.2) is 0 Å². The van der Waals surface area contributed by atoms with E-state index in [0.717, 1.165) is 112 Å². The molecule has 0 fully saturated rings. The predicted octanol–water partition coefficient (Wildman–Crippen LogP) is 15.2. The molecule has 0 aliphatic heterocycles. The Bertz CT molecular complexity index is 2690. The van der Waals surface area contributed by atoms with Gasteiger partial charge in [0.25, 0.3) is 22.9 Å². The zero-order chi connectivity index (χ0) is 60.1. The number of rotatable bonds is 37. The van der Waals surface area contributed by atoms with Gasteiger partial charge in [-0.3, -0.25) is 28.3 Å². The lowest BCUT2D eigenvalue weighted by Crippen LogP contribution is -2.39. The van der Waals surface area contributed by atoms with Crippen LogP contribution in [-0.2, 0) is 13.1 Å². The number of carbonyl (C=O) groups is 2. The lowest BCUT2D eigenvalue weighted by Gasteiger charge is -2.31. The van der Waals surface area contributed by atoms with Crippen LogP contribution in [0, 0.1) is 46.3 Å². The Morgan fingerprint density at radius 3 is 1.04 bits per heavy atom. The molecule has 0 bridgehead atoms. The summed E-state index contributed by atoms with van der Waals surface area (Å²) in [4.78, 5) is 59.0. The van der Waals surface area contributed by atoms with E-state index >= 15 is 0 Å². The largest absolute Gasteiger partial charge is 0.493 e. The smallest absolute Gasteiger partial charge is 0.273 e. The van der Waals surface area contributed by atoms with E-state index in [9.17, 15) is 39.9 Å². The summed E-state index contributed by atoms with van der Waals surface area (Å²) in [5.74, 6) is 0.449. The van der Waals surface area contributed by atoms with Gasteiger partial charge >= 0.3 is 0 Å². The SMILES string of the molecule is CCCCC(CC)CN(CC(CC)CCCC)C(=O)c1ccc(/N=N/c2c(N)c(C#N)c(=O)n(CCCCCCn3c(O)c(/N=N/c4ccc(C(=O)N(CC(CC)CCCC)CC(CC)CCCC)cc4)c(N)c(C#N)c3=O)c2O)cc1. The number of nitrogen functional groups attached to an aromatic ring is 2. The van der Waals surface area contributed by atoms with Crippen molar-refractivity contribution >= 4 is 45.9 Å². The van der Waals surface area contributed by atoms with Crippen LogP contribution in [0.5, 0.6) is 11.8 Å². The third-order valence-electron chi connectivity index (χ3n) is 16.1. The molecule has 0 aliphatic rings. The van der Waals surface area contributed by atoms with E-state index in [2.05, 4.69) is 75.8 Å². The summed E-state index contributed by atoms with van der Waals surface area (Å²) in [7, 11) is 0. The van der Waals surface area contributed by atoms with Gasteiger partial charge in [0, 0.05) is 50.4 Å². The molecule has 0 radical (unpaired) electrons. The first-order chi connectivity index (χ1) is 39.6. The number of aromatic nitrogens is 2. The Morgan fingerprint density at radius 2 is 0.780 bits per heavy atom. The molecule has 0 saturated heterocycles. The number of aromatic hydroxyl groups is 2. The molecule has 4 rings (SSSR count). The number of pyridine rings is 2. The normalized spacial score (nSPS) is 13.0. The summed E-state index contributed by atoms with van der Waals surface area (Å²) >= 11 is 0. The Morgan fingerprint density at radius 1 is 0.488 bits per heavy atom. The maximum atomic E-state index is 14.1. The standard InChI is InChI=1S/C64H94N12O6/c1-9-17-25-45(13-5)41-73(42-46(14-6)26-18-10-2)59(77)49-29-33-51(34-30-49)69-71-57-55(67)53(39-65)61(79)75(63(57)81)37-23-21-22-24-38-76-62(80)54(40-66)56(68)58(64(76)82)72-70-52-35-31-50(32-36-52)60(78)74(43-47(15-7)27-19-11-3)44-48(16-8)28-20-12-4/h29-36,45-48,81-82H,9-28,37-38,41-44,67-68H2,1-8H3/b71-69+,72-70+. The van der Waals surface area contributed by atoms with E-state index in [1.807, 2.05) is 21.9 Å². The van der Waals surface area contributed by atoms with Crippen LogP contribution in [0.1, 0.15) is 216 Å². The average Bonchev–Trinajstić information content (AvgIpc) is 3.67. The molecule has 2 amide bonds. The van der Waals surface area contributed by atoms with Crippen molar-refractivity contribution in [1.82, 2.24) is 18.9 Å². The summed E-state index contributed by atoms with van der Waals surface area (Å²) in [6.07, 6.45) is 18.9. The molecule has 4 unspecified atom stereocenters. The average molecular weight is 1130 g/mol. The lowest BCUT2D eigenvalue weighted by molar-refractivity contribution is 0.0678. The van der Waals surface area contributed by atoms with E-state index in [0.29, 0.717) is 98.0 Å². The van der Waals surface area contributed by atoms with Crippen LogP contribution in [0.2, 0.25) is 0 Å². The second-order valence-electron chi connectivity index (χ2n) is 22.1. The molecule has 2 aromatic carbocycles. The van der Waals surface area contributed by atoms with Crippen molar-refractivity contribution in [3.63, 3.8) is 0 Å². The third-order valence-corrected chi connectivity index (χ3v) is 16.1. The van der Waals surface area contributed by atoms with E-state index in [-0.39, 0.29) is 47.7 Å². The number of carbonyl (C=O) groups excluding carboxylic acids is 2. The first-order valence-electron chi connectivity index (χ1n) is 30.5. The molecular weight excluding hydrogens is 1030 g/mol. The first-order valence-corrected chi connectivity index (χ1v) is 30.5. The number of amides is 2. The van der Waals surface area contributed by atoms with E-state index in [1.165, 1.54) is 0 Å². The number of azo groups is 2.